The van der Waals surface area contributed by atoms with E-state index in [0.717, 1.165) is 6.42 Å². The number of nitro groups is 1. The van der Waals surface area contributed by atoms with E-state index in [1.165, 1.54) is 0 Å². The van der Waals surface area contributed by atoms with E-state index < -0.39 is 4.92 Å². The maximum atomic E-state index is 11.2. The van der Waals surface area contributed by atoms with E-state index in [0.29, 0.717) is 18.9 Å². The van der Waals surface area contributed by atoms with Crippen LogP contribution in [0.5, 0.6) is 5.88 Å². The van der Waals surface area contributed by atoms with E-state index in [2.05, 4.69) is 15.3 Å². The van der Waals surface area contributed by atoms with Crippen molar-refractivity contribution in [2.75, 3.05) is 11.9 Å². The molecule has 1 rings (SSSR count). The van der Waals surface area contributed by atoms with E-state index in [1.54, 1.807) is 6.92 Å². The third-order valence-electron chi connectivity index (χ3n) is 2.67. The molecule has 106 valence electrons. The molecule has 0 aliphatic heterocycles. The number of ether oxygens (including phenoxy) is 1. The van der Waals surface area contributed by atoms with Gasteiger partial charge in [-0.05, 0) is 20.3 Å². The second kappa shape index (κ2) is 6.86. The lowest BCUT2D eigenvalue weighted by molar-refractivity contribution is -0.385. The van der Waals surface area contributed by atoms with Crippen molar-refractivity contribution in [3.8, 4) is 5.88 Å². The van der Waals surface area contributed by atoms with Gasteiger partial charge in [0.05, 0.1) is 11.5 Å². The second-order valence-corrected chi connectivity index (χ2v) is 4.14. The normalized spacial score (nSPS) is 12.0. The molecule has 7 heteroatoms. The number of rotatable bonds is 7. The predicted octanol–water partition coefficient (Wildman–Crippen LogP) is 2.56. The Morgan fingerprint density at radius 2 is 2.05 bits per heavy atom. The first-order chi connectivity index (χ1) is 9.03. The summed E-state index contributed by atoms with van der Waals surface area (Å²) in [5, 5.41) is 14.2. The summed E-state index contributed by atoms with van der Waals surface area (Å²) in [7, 11) is 0. The average molecular weight is 268 g/mol. The molecule has 0 spiro atoms. The van der Waals surface area contributed by atoms with Gasteiger partial charge in [0.15, 0.2) is 0 Å². The van der Waals surface area contributed by atoms with E-state index in [4.69, 9.17) is 4.74 Å². The molecule has 7 nitrogen and oxygen atoms in total. The minimum Gasteiger partial charge on any atom is -0.473 e. The number of hydrogen-bond donors (Lipinski definition) is 1. The van der Waals surface area contributed by atoms with Crippen molar-refractivity contribution in [2.24, 2.45) is 0 Å². The highest BCUT2D eigenvalue weighted by atomic mass is 16.6. The third kappa shape index (κ3) is 3.77. The van der Waals surface area contributed by atoms with Crippen molar-refractivity contribution in [2.45, 2.75) is 46.6 Å². The first-order valence-electron chi connectivity index (χ1n) is 6.48. The summed E-state index contributed by atoms with van der Waals surface area (Å²) in [6, 6.07) is 0.0905. The number of aryl methyl sites for hydroxylation is 1. The number of nitrogens with one attached hydrogen (secondary N) is 1. The van der Waals surface area contributed by atoms with Crippen LogP contribution in [0.1, 0.15) is 39.9 Å². The van der Waals surface area contributed by atoms with Crippen LogP contribution in [-0.2, 0) is 6.42 Å². The SMILES string of the molecule is CCOc1nc(CC)nc(NC(C)CC)c1[N+](=O)[O-]. The lowest BCUT2D eigenvalue weighted by Crippen LogP contribution is -2.17. The summed E-state index contributed by atoms with van der Waals surface area (Å²) < 4.78 is 5.26. The van der Waals surface area contributed by atoms with Crippen molar-refractivity contribution in [1.82, 2.24) is 9.97 Å². The van der Waals surface area contributed by atoms with Gasteiger partial charge in [-0.3, -0.25) is 10.1 Å². The Labute approximate surface area is 112 Å². The Bertz CT molecular complexity index is 451. The maximum Gasteiger partial charge on any atom is 0.372 e. The van der Waals surface area contributed by atoms with Crippen LogP contribution in [0.15, 0.2) is 0 Å². The van der Waals surface area contributed by atoms with Gasteiger partial charge in [0.2, 0.25) is 5.82 Å². The van der Waals surface area contributed by atoms with Gasteiger partial charge in [0.1, 0.15) is 5.82 Å². The highest BCUT2D eigenvalue weighted by Gasteiger charge is 2.26. The van der Waals surface area contributed by atoms with Crippen LogP contribution >= 0.6 is 0 Å². The van der Waals surface area contributed by atoms with Gasteiger partial charge >= 0.3 is 5.69 Å². The number of aromatic nitrogens is 2. The Balaban J connectivity index is 3.30. The molecular formula is C12H20N4O3. The Morgan fingerprint density at radius 1 is 1.37 bits per heavy atom. The van der Waals surface area contributed by atoms with Gasteiger partial charge in [-0.1, -0.05) is 13.8 Å². The molecule has 0 saturated heterocycles. The molecule has 1 heterocycles. The molecule has 19 heavy (non-hydrogen) atoms. The van der Waals surface area contributed by atoms with E-state index >= 15 is 0 Å². The number of anilines is 1. The summed E-state index contributed by atoms with van der Waals surface area (Å²) >= 11 is 0. The summed E-state index contributed by atoms with van der Waals surface area (Å²) in [5.41, 5.74) is -0.195. The van der Waals surface area contributed by atoms with Crippen molar-refractivity contribution < 1.29 is 9.66 Å². The van der Waals surface area contributed by atoms with Gasteiger partial charge < -0.3 is 10.1 Å². The minimum absolute atomic E-state index is 0.0325. The largest absolute Gasteiger partial charge is 0.473 e. The van der Waals surface area contributed by atoms with E-state index in [1.807, 2.05) is 20.8 Å². The zero-order chi connectivity index (χ0) is 14.4. The molecule has 0 aromatic carbocycles. The number of hydrogen-bond acceptors (Lipinski definition) is 6. The molecule has 1 aromatic heterocycles. The highest BCUT2D eigenvalue weighted by Crippen LogP contribution is 2.32. The summed E-state index contributed by atoms with van der Waals surface area (Å²) in [6.45, 7) is 7.92. The first-order valence-corrected chi connectivity index (χ1v) is 6.48. The average Bonchev–Trinajstić information content (AvgIpc) is 2.37. The van der Waals surface area contributed by atoms with Crippen molar-refractivity contribution in [3.63, 3.8) is 0 Å². The minimum atomic E-state index is -0.505. The quantitative estimate of drug-likeness (QED) is 0.603. The van der Waals surface area contributed by atoms with Crippen LogP contribution in [0.2, 0.25) is 0 Å². The van der Waals surface area contributed by atoms with E-state index in [-0.39, 0.29) is 23.4 Å². The standard InChI is InChI=1S/C12H20N4O3/c1-5-8(4)13-11-10(16(17)18)12(19-7-3)15-9(6-2)14-11/h8H,5-7H2,1-4H3,(H,13,14,15). The molecule has 1 N–H and O–H groups in total. The van der Waals surface area contributed by atoms with Gasteiger partial charge in [0, 0.05) is 12.5 Å². The lowest BCUT2D eigenvalue weighted by Gasteiger charge is -2.14. The zero-order valence-corrected chi connectivity index (χ0v) is 11.8. The molecule has 0 fully saturated rings. The van der Waals surface area contributed by atoms with Crippen molar-refractivity contribution in [3.05, 3.63) is 15.9 Å². The fourth-order valence-electron chi connectivity index (χ4n) is 1.47. The van der Waals surface area contributed by atoms with Gasteiger partial charge in [-0.25, -0.2) is 4.98 Å². The second-order valence-electron chi connectivity index (χ2n) is 4.14. The molecule has 0 saturated carbocycles. The van der Waals surface area contributed by atoms with Crippen molar-refractivity contribution in [1.29, 1.82) is 0 Å². The molecule has 0 aliphatic carbocycles. The zero-order valence-electron chi connectivity index (χ0n) is 11.8. The van der Waals surface area contributed by atoms with Gasteiger partial charge in [-0.15, -0.1) is 0 Å². The summed E-state index contributed by atoms with van der Waals surface area (Å²) in [5.74, 6) is 0.791. The molecular weight excluding hydrogens is 248 g/mol. The molecule has 0 amide bonds. The monoisotopic (exact) mass is 268 g/mol. The van der Waals surface area contributed by atoms with Crippen molar-refractivity contribution >= 4 is 11.5 Å². The van der Waals surface area contributed by atoms with Crippen LogP contribution in [0, 0.1) is 10.1 Å². The Hall–Kier alpha value is -1.92. The molecule has 1 atom stereocenters. The third-order valence-corrected chi connectivity index (χ3v) is 2.67. The smallest absolute Gasteiger partial charge is 0.372 e. The fourth-order valence-corrected chi connectivity index (χ4v) is 1.47. The lowest BCUT2D eigenvalue weighted by atomic mass is 10.2. The predicted molar refractivity (Wildman–Crippen MR) is 72.6 cm³/mol. The Morgan fingerprint density at radius 3 is 2.53 bits per heavy atom. The molecule has 0 bridgehead atoms. The van der Waals surface area contributed by atoms with Crippen LogP contribution in [-0.4, -0.2) is 27.5 Å². The first kappa shape index (κ1) is 15.1. The van der Waals surface area contributed by atoms with Gasteiger partial charge in [-0.2, -0.15) is 4.98 Å². The van der Waals surface area contributed by atoms with Crippen LogP contribution in [0.4, 0.5) is 11.5 Å². The van der Waals surface area contributed by atoms with Crippen LogP contribution in [0.3, 0.4) is 0 Å². The maximum absolute atomic E-state index is 11.2. The molecule has 1 aromatic rings. The highest BCUT2D eigenvalue weighted by molar-refractivity contribution is 5.62. The van der Waals surface area contributed by atoms with Gasteiger partial charge in [0.25, 0.3) is 5.88 Å². The summed E-state index contributed by atoms with van der Waals surface area (Å²) in [4.78, 5) is 19.0. The fraction of sp³-hybridized carbons (Fsp3) is 0.667. The Kier molecular flexibility index (Phi) is 5.47. The van der Waals surface area contributed by atoms with Crippen LogP contribution in [0.25, 0.3) is 0 Å². The van der Waals surface area contributed by atoms with E-state index in [9.17, 15) is 10.1 Å². The van der Waals surface area contributed by atoms with Crippen LogP contribution < -0.4 is 10.1 Å². The molecule has 1 unspecified atom stereocenters. The topological polar surface area (TPSA) is 90.2 Å². The molecule has 0 aliphatic rings. The number of nitrogens with zero attached hydrogens (tertiary/aromatic N) is 3. The summed E-state index contributed by atoms with van der Waals surface area (Å²) in [6.07, 6.45) is 1.43. The molecule has 0 radical (unpaired) electrons.